The Morgan fingerprint density at radius 1 is 1.50 bits per heavy atom. The molecule has 0 aromatic carbocycles. The molecule has 1 saturated heterocycles. The summed E-state index contributed by atoms with van der Waals surface area (Å²) in [4.78, 5) is 19.0. The summed E-state index contributed by atoms with van der Waals surface area (Å²) in [7, 11) is 2.10. The second kappa shape index (κ2) is 5.89. The maximum absolute atomic E-state index is 12.5. The highest BCUT2D eigenvalue weighted by Crippen LogP contribution is 2.20. The van der Waals surface area contributed by atoms with Crippen molar-refractivity contribution in [3.63, 3.8) is 0 Å². The topological polar surface area (TPSA) is 57.3 Å². The van der Waals surface area contributed by atoms with Crippen LogP contribution in [0.4, 0.5) is 0 Å². The lowest BCUT2D eigenvalue weighted by molar-refractivity contribution is 0.0928. The molecule has 0 spiro atoms. The summed E-state index contributed by atoms with van der Waals surface area (Å²) in [5, 5.41) is 6.46. The Balaban J connectivity index is 1.76. The number of hydrogen-bond acceptors (Lipinski definition) is 4. The smallest absolute Gasteiger partial charge is 0.253 e. The van der Waals surface area contributed by atoms with Gasteiger partial charge in [0.25, 0.3) is 5.91 Å². The number of nitrogens with zero attached hydrogens (tertiary/aromatic N) is 2. The molecule has 2 N–H and O–H groups in total. The monoisotopic (exact) mass is 274 g/mol. The first kappa shape index (κ1) is 13.5. The van der Waals surface area contributed by atoms with Crippen molar-refractivity contribution < 1.29 is 4.79 Å². The minimum atomic E-state index is 0.0348. The van der Waals surface area contributed by atoms with Gasteiger partial charge in [-0.25, -0.2) is 0 Å². The molecule has 3 heterocycles. The minimum Gasteiger partial charge on any atom is -0.348 e. The number of carbonyl (C=O) groups excluding carboxylic acids is 1. The van der Waals surface area contributed by atoms with E-state index in [1.54, 1.807) is 6.20 Å². The van der Waals surface area contributed by atoms with E-state index in [1.165, 1.54) is 11.1 Å². The quantitative estimate of drug-likeness (QED) is 0.827. The van der Waals surface area contributed by atoms with Crippen LogP contribution in [0.1, 0.15) is 34.3 Å². The lowest BCUT2D eigenvalue weighted by atomic mass is 9.96. The normalized spacial score (nSPS) is 23.1. The first-order valence-electron chi connectivity index (χ1n) is 7.40. The largest absolute Gasteiger partial charge is 0.348 e. The summed E-state index contributed by atoms with van der Waals surface area (Å²) < 4.78 is 0. The van der Waals surface area contributed by atoms with Crippen LogP contribution in [0.2, 0.25) is 0 Å². The molecule has 1 unspecified atom stereocenters. The fourth-order valence-corrected chi connectivity index (χ4v) is 3.07. The molecule has 5 nitrogen and oxygen atoms in total. The molecule has 1 atom stereocenters. The van der Waals surface area contributed by atoms with Crippen LogP contribution in [-0.2, 0) is 13.0 Å². The van der Waals surface area contributed by atoms with Crippen molar-refractivity contribution in [2.45, 2.75) is 31.8 Å². The van der Waals surface area contributed by atoms with Gasteiger partial charge in [-0.3, -0.25) is 9.78 Å². The molecule has 1 amide bonds. The molecule has 0 saturated carbocycles. The van der Waals surface area contributed by atoms with Gasteiger partial charge in [0.15, 0.2) is 0 Å². The van der Waals surface area contributed by atoms with Crippen LogP contribution in [0, 0.1) is 0 Å². The number of rotatable bonds is 2. The van der Waals surface area contributed by atoms with E-state index in [9.17, 15) is 4.79 Å². The van der Waals surface area contributed by atoms with Crippen molar-refractivity contribution >= 4 is 5.91 Å². The molecule has 5 heteroatoms. The minimum absolute atomic E-state index is 0.0348. The summed E-state index contributed by atoms with van der Waals surface area (Å²) in [5.41, 5.74) is 3.13. The maximum Gasteiger partial charge on any atom is 0.253 e. The molecular formula is C15H22N4O. The van der Waals surface area contributed by atoms with Crippen molar-refractivity contribution in [2.24, 2.45) is 0 Å². The number of amides is 1. The third-order valence-corrected chi connectivity index (χ3v) is 4.21. The van der Waals surface area contributed by atoms with Crippen LogP contribution < -0.4 is 10.6 Å². The zero-order valence-electron chi connectivity index (χ0n) is 12.0. The van der Waals surface area contributed by atoms with Crippen LogP contribution in [-0.4, -0.2) is 48.5 Å². The number of nitrogens with one attached hydrogen (secondary N) is 2. The zero-order chi connectivity index (χ0) is 13.9. The van der Waals surface area contributed by atoms with Crippen LogP contribution in [0.25, 0.3) is 0 Å². The van der Waals surface area contributed by atoms with Gasteiger partial charge in [-0.05, 0) is 44.0 Å². The summed E-state index contributed by atoms with van der Waals surface area (Å²) in [6.45, 7) is 3.81. The highest BCUT2D eigenvalue weighted by Gasteiger charge is 2.22. The lowest BCUT2D eigenvalue weighted by Gasteiger charge is -2.27. The van der Waals surface area contributed by atoms with Crippen LogP contribution in [0.5, 0.6) is 0 Å². The average Bonchev–Trinajstić information content (AvgIpc) is 2.47. The Bertz CT molecular complexity index is 497. The number of likely N-dealkylation sites (N-methyl/N-ethyl adjacent to an activating group) is 1. The Labute approximate surface area is 119 Å². The van der Waals surface area contributed by atoms with Crippen LogP contribution >= 0.6 is 0 Å². The van der Waals surface area contributed by atoms with E-state index in [-0.39, 0.29) is 11.9 Å². The summed E-state index contributed by atoms with van der Waals surface area (Å²) in [6.07, 6.45) is 6.73. The molecule has 20 heavy (non-hydrogen) atoms. The average molecular weight is 274 g/mol. The highest BCUT2D eigenvalue weighted by atomic mass is 16.1. The molecule has 0 bridgehead atoms. The molecule has 0 radical (unpaired) electrons. The number of hydrogen-bond donors (Lipinski definition) is 2. The predicted molar refractivity (Wildman–Crippen MR) is 77.6 cm³/mol. The Kier molecular flexibility index (Phi) is 3.98. The van der Waals surface area contributed by atoms with Crippen LogP contribution in [0.15, 0.2) is 12.4 Å². The van der Waals surface area contributed by atoms with Crippen LogP contribution in [0.3, 0.4) is 0 Å². The first-order valence-corrected chi connectivity index (χ1v) is 7.40. The van der Waals surface area contributed by atoms with Gasteiger partial charge in [0.2, 0.25) is 0 Å². The molecular weight excluding hydrogens is 252 g/mol. The van der Waals surface area contributed by atoms with Crippen molar-refractivity contribution in [1.29, 1.82) is 0 Å². The van der Waals surface area contributed by atoms with Gasteiger partial charge in [-0.1, -0.05) is 0 Å². The molecule has 0 aliphatic carbocycles. The van der Waals surface area contributed by atoms with Crippen molar-refractivity contribution in [3.8, 4) is 0 Å². The van der Waals surface area contributed by atoms with E-state index in [2.05, 4.69) is 27.6 Å². The van der Waals surface area contributed by atoms with Gasteiger partial charge >= 0.3 is 0 Å². The van der Waals surface area contributed by atoms with Gasteiger partial charge in [-0.2, -0.15) is 0 Å². The third kappa shape index (κ3) is 2.83. The number of piperidine rings is 1. The fourth-order valence-electron chi connectivity index (χ4n) is 3.07. The van der Waals surface area contributed by atoms with E-state index in [4.69, 9.17) is 0 Å². The van der Waals surface area contributed by atoms with Gasteiger partial charge in [0.1, 0.15) is 0 Å². The molecule has 108 valence electrons. The summed E-state index contributed by atoms with van der Waals surface area (Å²) >= 11 is 0. The number of fused-ring (bicyclic) bond motifs is 1. The number of aromatic nitrogens is 1. The van der Waals surface area contributed by atoms with Gasteiger partial charge in [0.05, 0.1) is 5.56 Å². The Hall–Kier alpha value is -1.46. The highest BCUT2D eigenvalue weighted by molar-refractivity contribution is 5.96. The lowest BCUT2D eigenvalue weighted by Crippen LogP contribution is -2.46. The number of carbonyl (C=O) groups is 1. The SMILES string of the molecule is CN1CCc2c(cncc2C(=O)NC2CCCNC2)C1. The molecule has 2 aliphatic heterocycles. The van der Waals surface area contributed by atoms with Gasteiger partial charge < -0.3 is 15.5 Å². The third-order valence-electron chi connectivity index (χ3n) is 4.21. The molecule has 2 aliphatic rings. The Morgan fingerprint density at radius 2 is 2.40 bits per heavy atom. The van der Waals surface area contributed by atoms with Crippen molar-refractivity contribution in [1.82, 2.24) is 20.5 Å². The molecule has 1 fully saturated rings. The van der Waals surface area contributed by atoms with E-state index in [0.717, 1.165) is 51.0 Å². The van der Waals surface area contributed by atoms with Gasteiger partial charge in [-0.15, -0.1) is 0 Å². The summed E-state index contributed by atoms with van der Waals surface area (Å²) in [5.74, 6) is 0.0348. The second-order valence-electron chi connectivity index (χ2n) is 5.83. The summed E-state index contributed by atoms with van der Waals surface area (Å²) in [6, 6.07) is 0.248. The molecule has 1 aromatic rings. The number of pyridine rings is 1. The van der Waals surface area contributed by atoms with E-state index >= 15 is 0 Å². The van der Waals surface area contributed by atoms with E-state index < -0.39 is 0 Å². The second-order valence-corrected chi connectivity index (χ2v) is 5.83. The Morgan fingerprint density at radius 3 is 3.20 bits per heavy atom. The van der Waals surface area contributed by atoms with E-state index in [1.807, 2.05) is 6.20 Å². The van der Waals surface area contributed by atoms with Gasteiger partial charge in [0, 0.05) is 38.1 Å². The van der Waals surface area contributed by atoms with E-state index in [0.29, 0.717) is 0 Å². The zero-order valence-corrected chi connectivity index (χ0v) is 12.0. The van der Waals surface area contributed by atoms with Crippen molar-refractivity contribution in [3.05, 3.63) is 29.1 Å². The first-order chi connectivity index (χ1) is 9.74. The fraction of sp³-hybridized carbons (Fsp3) is 0.600. The maximum atomic E-state index is 12.5. The molecule has 3 rings (SSSR count). The molecule has 1 aromatic heterocycles. The predicted octanol–water partition coefficient (Wildman–Crippen LogP) is 0.551. The van der Waals surface area contributed by atoms with Crippen molar-refractivity contribution in [2.75, 3.05) is 26.7 Å². The standard InChI is InChI=1S/C15H22N4O/c1-19-6-4-13-11(10-19)7-17-9-14(13)15(20)18-12-3-2-5-16-8-12/h7,9,12,16H,2-6,8,10H2,1H3,(H,18,20).